The van der Waals surface area contributed by atoms with Crippen LogP contribution < -0.4 is 26.0 Å². The Morgan fingerprint density at radius 1 is 0.655 bits per heavy atom. The monoisotopic (exact) mass is 1190 g/mol. The molecule has 0 radical (unpaired) electrons. The number of nitrogens with one attached hydrogen (secondary N) is 4. The number of ether oxygens (including phenoxy) is 2. The van der Waals surface area contributed by atoms with Gasteiger partial charge in [0.2, 0.25) is 35.4 Å². The SMILES string of the molecule is CC[C@H](C)[C@H](NC)C(=O)N(C)[C@H](C(=O)CNCC(=O)N(C)[C@H](C(=O)N[C@@H](Cc1ccc(OC)cc1)C(=O)O[C@H](C(=O)N1CCCC[C@H]1C(=O)N(C)[C@H](C(=O)N[C@H](C(=O)N(C)[C@@H](CC(=O)O)C(=O)O)C(C)C)C(C)C)C(C)C)C(C)C)[C@@H](C)CC. The molecule has 474 valence electrons. The van der Waals surface area contributed by atoms with Gasteiger partial charge in [0.05, 0.1) is 38.7 Å². The highest BCUT2D eigenvalue weighted by Crippen LogP contribution is 2.26. The topological polar surface area (TPSA) is 311 Å². The molecule has 0 unspecified atom stereocenters. The molecule has 0 saturated carbocycles. The van der Waals surface area contributed by atoms with E-state index in [1.54, 1.807) is 93.8 Å². The standard InChI is InChI=1S/C60H99N9O15/c1-19-37(11)48(61-13)57(78)68(17)51(38(12)20-2)44(70)31-62-32-45(71)66(15)49(34(5)6)53(74)63-41(29-39-24-26-40(83-18)27-25-39)60(82)84-52(36(9)10)58(79)69-28-22-21-23-42(69)55(76)67(16)50(35(7)8)54(75)64-47(33(3)4)56(77)65(14)43(59(80)81)30-46(72)73/h24-27,33-38,41-43,47-52,61-62H,19-23,28-32H2,1-18H3,(H,63,74)(H,64,75)(H,72,73)(H,80,81)/t37-,38-,41-,42-,43-,47-,48-,49-,50-,51-,52-/m0/s1. The molecule has 1 aliphatic heterocycles. The number of methoxy groups -OCH3 is 1. The molecule has 1 aromatic carbocycles. The molecule has 1 aromatic rings. The third-order valence-electron chi connectivity index (χ3n) is 16.1. The predicted octanol–water partition coefficient (Wildman–Crippen LogP) is 2.83. The molecule has 0 spiro atoms. The van der Waals surface area contributed by atoms with Crippen molar-refractivity contribution in [3.63, 3.8) is 0 Å². The summed E-state index contributed by atoms with van der Waals surface area (Å²) in [5.74, 6) is -10.6. The molecule has 84 heavy (non-hydrogen) atoms. The first-order chi connectivity index (χ1) is 39.2. The molecule has 0 bridgehead atoms. The van der Waals surface area contributed by atoms with E-state index >= 15 is 0 Å². The van der Waals surface area contributed by atoms with Crippen LogP contribution in [0.4, 0.5) is 0 Å². The highest BCUT2D eigenvalue weighted by molar-refractivity contribution is 5.97. The number of esters is 1. The summed E-state index contributed by atoms with van der Waals surface area (Å²) in [4.78, 5) is 157. The summed E-state index contributed by atoms with van der Waals surface area (Å²) in [5, 5.41) is 30.6. The van der Waals surface area contributed by atoms with E-state index in [1.807, 2.05) is 27.7 Å². The van der Waals surface area contributed by atoms with Gasteiger partial charge in [0, 0.05) is 41.2 Å². The fourth-order valence-corrected chi connectivity index (χ4v) is 10.7. The number of ketones is 1. The Kier molecular flexibility index (Phi) is 30.0. The quantitative estimate of drug-likeness (QED) is 0.0541. The number of benzene rings is 1. The van der Waals surface area contributed by atoms with Crippen LogP contribution in [0, 0.1) is 35.5 Å². The zero-order valence-corrected chi connectivity index (χ0v) is 53.0. The van der Waals surface area contributed by atoms with E-state index in [0.717, 1.165) is 18.4 Å². The number of carboxylic acids is 2. The molecular formula is C60H99N9O15. The van der Waals surface area contributed by atoms with Crippen LogP contribution >= 0.6 is 0 Å². The second-order valence-corrected chi connectivity index (χ2v) is 23.7. The number of likely N-dealkylation sites (N-methyl/N-ethyl adjacent to an activating group) is 5. The molecule has 6 N–H and O–H groups in total. The highest BCUT2D eigenvalue weighted by atomic mass is 16.6. The fourth-order valence-electron chi connectivity index (χ4n) is 10.7. The van der Waals surface area contributed by atoms with Crippen LogP contribution in [0.15, 0.2) is 24.3 Å². The third kappa shape index (κ3) is 20.0. The van der Waals surface area contributed by atoms with Gasteiger partial charge in [-0.15, -0.1) is 0 Å². The minimum Gasteiger partial charge on any atom is -0.497 e. The number of rotatable bonds is 34. The molecule has 24 heteroatoms. The predicted molar refractivity (Wildman–Crippen MR) is 315 cm³/mol. The largest absolute Gasteiger partial charge is 0.497 e. The Bertz CT molecular complexity index is 2420. The maximum atomic E-state index is 14.9. The lowest BCUT2D eigenvalue weighted by Crippen LogP contribution is -2.62. The van der Waals surface area contributed by atoms with E-state index in [4.69, 9.17) is 9.47 Å². The Balaban J connectivity index is 2.46. The number of hydrogen-bond donors (Lipinski definition) is 6. The minimum absolute atomic E-state index is 0.0164. The number of likely N-dealkylation sites (tertiary alicyclic amines) is 1. The minimum atomic E-state index is -1.73. The second-order valence-electron chi connectivity index (χ2n) is 23.7. The van der Waals surface area contributed by atoms with Gasteiger partial charge in [0.15, 0.2) is 11.9 Å². The van der Waals surface area contributed by atoms with Crippen molar-refractivity contribution in [1.82, 2.24) is 45.8 Å². The molecule has 7 amide bonds. The number of carboxylic acid groups (broad SMARTS) is 2. The number of amides is 7. The maximum Gasteiger partial charge on any atom is 0.329 e. The summed E-state index contributed by atoms with van der Waals surface area (Å²) in [7, 11) is 8.80. The third-order valence-corrected chi connectivity index (χ3v) is 16.1. The summed E-state index contributed by atoms with van der Waals surface area (Å²) in [5.41, 5.74) is 0.585. The normalized spacial score (nSPS) is 17.1. The molecule has 0 aliphatic carbocycles. The Labute approximate surface area is 497 Å². The first-order valence-electron chi connectivity index (χ1n) is 29.4. The number of carbonyl (C=O) groups is 11. The number of nitrogens with zero attached hydrogens (tertiary/aromatic N) is 5. The lowest BCUT2D eigenvalue weighted by Gasteiger charge is -2.41. The fraction of sp³-hybridized carbons (Fsp3) is 0.717. The molecule has 1 saturated heterocycles. The van der Waals surface area contributed by atoms with Gasteiger partial charge in [0.25, 0.3) is 5.91 Å². The molecule has 11 atom stereocenters. The molecule has 24 nitrogen and oxygen atoms in total. The summed E-state index contributed by atoms with van der Waals surface area (Å²) in [6.07, 6.45) is 0.112. The van der Waals surface area contributed by atoms with Gasteiger partial charge in [-0.1, -0.05) is 108 Å². The molecule has 1 aliphatic rings. The van der Waals surface area contributed by atoms with Crippen LogP contribution in [0.25, 0.3) is 0 Å². The van der Waals surface area contributed by atoms with E-state index in [2.05, 4.69) is 21.3 Å². The second kappa shape index (κ2) is 34.3. The highest BCUT2D eigenvalue weighted by Gasteiger charge is 2.45. The molecule has 1 fully saturated rings. The van der Waals surface area contributed by atoms with E-state index in [9.17, 15) is 63.0 Å². The first kappa shape index (κ1) is 73.4. The lowest BCUT2D eigenvalue weighted by atomic mass is 9.91. The van der Waals surface area contributed by atoms with Gasteiger partial charge >= 0.3 is 17.9 Å². The van der Waals surface area contributed by atoms with Crippen molar-refractivity contribution in [2.45, 2.75) is 182 Å². The van der Waals surface area contributed by atoms with Crippen LogP contribution in [-0.4, -0.2) is 216 Å². The smallest absolute Gasteiger partial charge is 0.329 e. The summed E-state index contributed by atoms with van der Waals surface area (Å²) >= 11 is 0. The summed E-state index contributed by atoms with van der Waals surface area (Å²) in [6.45, 7) is 20.7. The zero-order chi connectivity index (χ0) is 64.2. The Hall–Kier alpha value is -6.69. The molecular weight excluding hydrogens is 1090 g/mol. The van der Waals surface area contributed by atoms with Gasteiger partial charge in [-0.2, -0.15) is 0 Å². The molecule has 1 heterocycles. The van der Waals surface area contributed by atoms with E-state index in [0.29, 0.717) is 30.6 Å². The average Bonchev–Trinajstić information content (AvgIpc) is 3.62. The average molecular weight is 1190 g/mol. The van der Waals surface area contributed by atoms with Crippen molar-refractivity contribution < 1.29 is 72.4 Å². The van der Waals surface area contributed by atoms with E-state index in [-0.39, 0.29) is 56.0 Å². The van der Waals surface area contributed by atoms with Crippen molar-refractivity contribution in [3.8, 4) is 5.75 Å². The van der Waals surface area contributed by atoms with Crippen LogP contribution in [-0.2, 0) is 63.9 Å². The first-order valence-corrected chi connectivity index (χ1v) is 29.4. The van der Waals surface area contributed by atoms with Crippen molar-refractivity contribution in [1.29, 1.82) is 0 Å². The van der Waals surface area contributed by atoms with Gasteiger partial charge in [0.1, 0.15) is 42.0 Å². The summed E-state index contributed by atoms with van der Waals surface area (Å²) < 4.78 is 11.4. The van der Waals surface area contributed by atoms with Crippen molar-refractivity contribution >= 4 is 65.0 Å². The van der Waals surface area contributed by atoms with Crippen molar-refractivity contribution in [2.75, 3.05) is 62.0 Å². The van der Waals surface area contributed by atoms with Crippen molar-refractivity contribution in [2.24, 2.45) is 35.5 Å². The zero-order valence-electron chi connectivity index (χ0n) is 53.0. The number of carbonyl (C=O) groups excluding carboxylic acids is 9. The van der Waals surface area contributed by atoms with Crippen LogP contribution in [0.5, 0.6) is 5.75 Å². The lowest BCUT2D eigenvalue weighted by molar-refractivity contribution is -0.169. The number of piperidine rings is 1. The van der Waals surface area contributed by atoms with Crippen LogP contribution in [0.2, 0.25) is 0 Å². The number of aliphatic carboxylic acids is 2. The molecule has 0 aromatic heterocycles. The van der Waals surface area contributed by atoms with Gasteiger partial charge in [-0.25, -0.2) is 9.59 Å². The van der Waals surface area contributed by atoms with Crippen molar-refractivity contribution in [3.05, 3.63) is 29.8 Å². The van der Waals surface area contributed by atoms with Crippen LogP contribution in [0.1, 0.15) is 127 Å². The van der Waals surface area contributed by atoms with Crippen LogP contribution in [0.3, 0.4) is 0 Å². The van der Waals surface area contributed by atoms with Gasteiger partial charge < -0.3 is 65.5 Å². The Morgan fingerprint density at radius 2 is 1.20 bits per heavy atom. The van der Waals surface area contributed by atoms with E-state index in [1.165, 1.54) is 40.8 Å². The number of Topliss-reactive ketones (excluding diaryl/α,β-unsaturated/α-hetero) is 1. The summed E-state index contributed by atoms with van der Waals surface area (Å²) in [6, 6.07) is -2.43. The van der Waals surface area contributed by atoms with Gasteiger partial charge in [-0.05, 0) is 79.5 Å². The number of hydrogen-bond acceptors (Lipinski definition) is 15. The maximum absolute atomic E-state index is 14.9. The Morgan fingerprint density at radius 3 is 1.69 bits per heavy atom. The molecule has 2 rings (SSSR count). The van der Waals surface area contributed by atoms with E-state index < -0.39 is 138 Å². The van der Waals surface area contributed by atoms with Gasteiger partial charge in [-0.3, -0.25) is 43.2 Å².